The zero-order valence-corrected chi connectivity index (χ0v) is 14.3. The third-order valence-corrected chi connectivity index (χ3v) is 3.98. The van der Waals surface area contributed by atoms with Crippen LogP contribution in [-0.4, -0.2) is 47.8 Å². The first-order chi connectivity index (χ1) is 11.0. The highest BCUT2D eigenvalue weighted by atomic mass is 16.2. The van der Waals surface area contributed by atoms with Gasteiger partial charge in [0.15, 0.2) is 13.1 Å². The monoisotopic (exact) mass is 322 g/mol. The summed E-state index contributed by atoms with van der Waals surface area (Å²) in [5, 5.41) is 10.1. The molecule has 1 aromatic rings. The highest BCUT2D eigenvalue weighted by molar-refractivity contribution is 5.90. The zero-order chi connectivity index (χ0) is 16.8. The summed E-state index contributed by atoms with van der Waals surface area (Å²) in [5.74, 6) is 0.613. The highest BCUT2D eigenvalue weighted by Crippen LogP contribution is 2.31. The van der Waals surface area contributed by atoms with E-state index in [0.29, 0.717) is 6.04 Å². The first kappa shape index (κ1) is 17.5. The zero-order valence-electron chi connectivity index (χ0n) is 14.3. The molecule has 0 saturated heterocycles. The van der Waals surface area contributed by atoms with Crippen molar-refractivity contribution in [2.24, 2.45) is 0 Å². The summed E-state index contributed by atoms with van der Waals surface area (Å²) in [7, 11) is 1.84. The molecule has 1 unspecified atom stereocenters. The number of hydrogen-bond donors (Lipinski definition) is 3. The second-order valence-electron chi connectivity index (χ2n) is 6.68. The van der Waals surface area contributed by atoms with Crippen molar-refractivity contribution in [1.82, 2.24) is 15.1 Å². The van der Waals surface area contributed by atoms with Crippen molar-refractivity contribution >= 4 is 17.6 Å². The lowest BCUT2D eigenvalue weighted by Crippen LogP contribution is -3.11. The number of nitrogens with zero attached hydrogens (tertiary/aromatic N) is 2. The van der Waals surface area contributed by atoms with Gasteiger partial charge in [0.1, 0.15) is 5.82 Å². The molecule has 2 amide bonds. The van der Waals surface area contributed by atoms with E-state index in [1.165, 1.54) is 12.8 Å². The fourth-order valence-electron chi connectivity index (χ4n) is 3.02. The van der Waals surface area contributed by atoms with Crippen LogP contribution in [0.2, 0.25) is 0 Å². The third-order valence-electron chi connectivity index (χ3n) is 3.98. The van der Waals surface area contributed by atoms with Crippen molar-refractivity contribution in [1.29, 1.82) is 0 Å². The lowest BCUT2D eigenvalue weighted by molar-refractivity contribution is -0.862. The summed E-state index contributed by atoms with van der Waals surface area (Å²) < 4.78 is 1.92. The average Bonchev–Trinajstić information content (AvgIpc) is 3.06. The average molecular weight is 322 g/mol. The quantitative estimate of drug-likeness (QED) is 0.660. The smallest absolute Gasteiger partial charge is 0.280 e. The molecule has 7 heteroatoms. The van der Waals surface area contributed by atoms with Crippen LogP contribution in [0.3, 0.4) is 0 Å². The number of carbonyl (C=O) groups excluding carboxylic acids is 2. The van der Waals surface area contributed by atoms with E-state index in [1.54, 1.807) is 6.20 Å². The number of quaternary nitrogens is 1. The molecule has 1 aliphatic carbocycles. The van der Waals surface area contributed by atoms with Crippen LogP contribution < -0.4 is 15.5 Å². The molecular weight excluding hydrogens is 294 g/mol. The van der Waals surface area contributed by atoms with Gasteiger partial charge in [0, 0.05) is 12.1 Å². The molecule has 1 aliphatic rings. The third kappa shape index (κ3) is 5.35. The van der Waals surface area contributed by atoms with E-state index in [1.807, 2.05) is 31.6 Å². The SMILES string of the molecule is CC(C)NC(=O)C[NH+](C)CC(=O)Nc1ccnn1C1CCCC1. The van der Waals surface area contributed by atoms with Gasteiger partial charge in [-0.15, -0.1) is 0 Å². The van der Waals surface area contributed by atoms with Crippen LogP contribution in [0, 0.1) is 0 Å². The van der Waals surface area contributed by atoms with Crippen LogP contribution in [0.25, 0.3) is 0 Å². The van der Waals surface area contributed by atoms with Crippen molar-refractivity contribution in [2.45, 2.75) is 51.6 Å². The van der Waals surface area contributed by atoms with Gasteiger partial charge in [0.05, 0.1) is 19.3 Å². The van der Waals surface area contributed by atoms with E-state index < -0.39 is 0 Å². The van der Waals surface area contributed by atoms with Gasteiger partial charge >= 0.3 is 0 Å². The number of likely N-dealkylation sites (N-methyl/N-ethyl adjacent to an activating group) is 1. The molecule has 0 radical (unpaired) electrons. The topological polar surface area (TPSA) is 80.5 Å². The van der Waals surface area contributed by atoms with Gasteiger partial charge in [-0.05, 0) is 26.7 Å². The molecule has 1 atom stereocenters. The summed E-state index contributed by atoms with van der Waals surface area (Å²) >= 11 is 0. The molecule has 1 saturated carbocycles. The van der Waals surface area contributed by atoms with E-state index in [9.17, 15) is 9.59 Å². The van der Waals surface area contributed by atoms with Crippen molar-refractivity contribution in [2.75, 3.05) is 25.5 Å². The maximum absolute atomic E-state index is 12.2. The van der Waals surface area contributed by atoms with Crippen LogP contribution in [0.5, 0.6) is 0 Å². The Kier molecular flexibility index (Phi) is 6.15. The lowest BCUT2D eigenvalue weighted by atomic mass is 10.2. The molecule has 0 bridgehead atoms. The minimum absolute atomic E-state index is 0.0405. The van der Waals surface area contributed by atoms with E-state index >= 15 is 0 Å². The van der Waals surface area contributed by atoms with Gasteiger partial charge < -0.3 is 15.5 Å². The van der Waals surface area contributed by atoms with E-state index in [4.69, 9.17) is 0 Å². The van der Waals surface area contributed by atoms with E-state index in [2.05, 4.69) is 15.7 Å². The number of anilines is 1. The Labute approximate surface area is 137 Å². The van der Waals surface area contributed by atoms with Crippen molar-refractivity contribution in [3.63, 3.8) is 0 Å². The van der Waals surface area contributed by atoms with Crippen molar-refractivity contribution in [3.8, 4) is 0 Å². The standard InChI is InChI=1S/C16H27N5O2/c1-12(2)18-15(22)10-20(3)11-16(23)19-14-8-9-17-21(14)13-6-4-5-7-13/h8-9,12-13H,4-7,10-11H2,1-3H3,(H,18,22)(H,19,23)/p+1. The van der Waals surface area contributed by atoms with Gasteiger partial charge in [-0.3, -0.25) is 9.59 Å². The minimum Gasteiger partial charge on any atom is -0.349 e. The van der Waals surface area contributed by atoms with Gasteiger partial charge in [-0.25, -0.2) is 4.68 Å². The summed E-state index contributed by atoms with van der Waals surface area (Å²) in [6.45, 7) is 4.38. The largest absolute Gasteiger partial charge is 0.349 e. The predicted octanol–water partition coefficient (Wildman–Crippen LogP) is -0.0240. The molecule has 1 aromatic heterocycles. The molecule has 128 valence electrons. The van der Waals surface area contributed by atoms with Gasteiger partial charge in [-0.1, -0.05) is 12.8 Å². The summed E-state index contributed by atoms with van der Waals surface area (Å²) in [4.78, 5) is 24.8. The fraction of sp³-hybridized carbons (Fsp3) is 0.688. The van der Waals surface area contributed by atoms with Crippen LogP contribution in [-0.2, 0) is 9.59 Å². The molecule has 0 aromatic carbocycles. The Morgan fingerprint density at radius 2 is 1.96 bits per heavy atom. The van der Waals surface area contributed by atoms with Crippen LogP contribution >= 0.6 is 0 Å². The molecule has 0 spiro atoms. The molecular formula is C16H28N5O2+. The summed E-state index contributed by atoms with van der Waals surface area (Å²) in [5.41, 5.74) is 0. The molecule has 2 rings (SSSR count). The Balaban J connectivity index is 1.83. The molecule has 1 fully saturated rings. The van der Waals surface area contributed by atoms with Gasteiger partial charge in [0.2, 0.25) is 0 Å². The first-order valence-corrected chi connectivity index (χ1v) is 8.39. The van der Waals surface area contributed by atoms with Crippen molar-refractivity contribution in [3.05, 3.63) is 12.3 Å². The van der Waals surface area contributed by atoms with Crippen LogP contribution in [0.15, 0.2) is 12.3 Å². The number of hydrogen-bond acceptors (Lipinski definition) is 3. The number of amides is 2. The summed E-state index contributed by atoms with van der Waals surface area (Å²) in [6.07, 6.45) is 6.39. The second-order valence-corrected chi connectivity index (χ2v) is 6.68. The van der Waals surface area contributed by atoms with Crippen LogP contribution in [0.4, 0.5) is 5.82 Å². The fourth-order valence-corrected chi connectivity index (χ4v) is 3.02. The molecule has 3 N–H and O–H groups in total. The van der Waals surface area contributed by atoms with Gasteiger partial charge in [-0.2, -0.15) is 5.10 Å². The second kappa shape index (κ2) is 8.10. The summed E-state index contributed by atoms with van der Waals surface area (Å²) in [6, 6.07) is 2.34. The van der Waals surface area contributed by atoms with Crippen molar-refractivity contribution < 1.29 is 14.5 Å². The number of nitrogens with one attached hydrogen (secondary N) is 3. The molecule has 7 nitrogen and oxygen atoms in total. The van der Waals surface area contributed by atoms with E-state index in [-0.39, 0.29) is 30.9 Å². The number of rotatable bonds is 7. The predicted molar refractivity (Wildman–Crippen MR) is 88.3 cm³/mol. The molecule has 0 aliphatic heterocycles. The van der Waals surface area contributed by atoms with E-state index in [0.717, 1.165) is 23.6 Å². The minimum atomic E-state index is -0.0976. The maximum atomic E-state index is 12.2. The number of carbonyl (C=O) groups is 2. The molecule has 23 heavy (non-hydrogen) atoms. The molecule has 1 heterocycles. The normalized spacial score (nSPS) is 16.5. The first-order valence-electron chi connectivity index (χ1n) is 8.39. The Hall–Kier alpha value is -1.89. The Morgan fingerprint density at radius 3 is 2.61 bits per heavy atom. The lowest BCUT2D eigenvalue weighted by Gasteiger charge is -2.17. The highest BCUT2D eigenvalue weighted by Gasteiger charge is 2.21. The maximum Gasteiger partial charge on any atom is 0.280 e. The Bertz CT molecular complexity index is 534. The Morgan fingerprint density at radius 1 is 1.30 bits per heavy atom. The number of aromatic nitrogens is 2. The van der Waals surface area contributed by atoms with Gasteiger partial charge in [0.25, 0.3) is 11.8 Å². The van der Waals surface area contributed by atoms with Crippen LogP contribution in [0.1, 0.15) is 45.6 Å².